The van der Waals surface area contributed by atoms with Crippen molar-refractivity contribution in [3.63, 3.8) is 0 Å². The van der Waals surface area contributed by atoms with Crippen molar-refractivity contribution in [3.05, 3.63) is 27.3 Å². The van der Waals surface area contributed by atoms with Gasteiger partial charge < -0.3 is 4.74 Å². The normalized spacial score (nSPS) is 10.5. The fourth-order valence-corrected chi connectivity index (χ4v) is 1.83. The van der Waals surface area contributed by atoms with Crippen molar-refractivity contribution in [2.24, 2.45) is 0 Å². The molecule has 1 aromatic rings. The molecule has 13 heavy (non-hydrogen) atoms. The van der Waals surface area contributed by atoms with Crippen LogP contribution in [0.4, 0.5) is 0 Å². The molecule has 0 saturated carbocycles. The summed E-state index contributed by atoms with van der Waals surface area (Å²) in [6.45, 7) is 7.13. The molecule has 0 fully saturated rings. The average Bonchev–Trinajstić information content (AvgIpc) is 2.03. The maximum Gasteiger partial charge on any atom is 0.120 e. The van der Waals surface area contributed by atoms with Crippen molar-refractivity contribution in [1.82, 2.24) is 0 Å². The summed E-state index contributed by atoms with van der Waals surface area (Å²) in [6, 6.07) is 6.39. The van der Waals surface area contributed by atoms with Crippen LogP contribution < -0.4 is 4.74 Å². The van der Waals surface area contributed by atoms with Crippen molar-refractivity contribution >= 4 is 22.6 Å². The molecular weight excluding hydrogens is 275 g/mol. The lowest BCUT2D eigenvalue weighted by Crippen LogP contribution is -1.95. The van der Waals surface area contributed by atoms with Crippen molar-refractivity contribution in [3.8, 4) is 5.75 Å². The highest BCUT2D eigenvalue weighted by atomic mass is 127. The molecule has 1 rings (SSSR count). The minimum atomic E-state index is 0.564. The predicted molar refractivity (Wildman–Crippen MR) is 64.4 cm³/mol. The van der Waals surface area contributed by atoms with E-state index in [4.69, 9.17) is 4.74 Å². The summed E-state index contributed by atoms with van der Waals surface area (Å²) in [5.74, 6) is 1.55. The first-order valence-corrected chi connectivity index (χ1v) is 5.64. The smallest absolute Gasteiger partial charge is 0.120 e. The predicted octanol–water partition coefficient (Wildman–Crippen LogP) is 3.81. The molecule has 0 saturated heterocycles. The van der Waals surface area contributed by atoms with Crippen molar-refractivity contribution in [1.29, 1.82) is 0 Å². The first kappa shape index (κ1) is 10.8. The molecule has 72 valence electrons. The largest absolute Gasteiger partial charge is 0.494 e. The quantitative estimate of drug-likeness (QED) is 0.769. The van der Waals surface area contributed by atoms with Gasteiger partial charge in [0.1, 0.15) is 5.75 Å². The topological polar surface area (TPSA) is 9.23 Å². The third kappa shape index (κ3) is 3.18. The lowest BCUT2D eigenvalue weighted by Gasteiger charge is -2.09. The molecule has 2 heteroatoms. The molecule has 0 aliphatic rings. The van der Waals surface area contributed by atoms with Gasteiger partial charge in [0.15, 0.2) is 0 Å². The van der Waals surface area contributed by atoms with E-state index < -0.39 is 0 Å². The van der Waals surface area contributed by atoms with Crippen LogP contribution in [0.1, 0.15) is 32.3 Å². The van der Waals surface area contributed by atoms with E-state index in [0.717, 1.165) is 12.4 Å². The maximum atomic E-state index is 5.47. The summed E-state index contributed by atoms with van der Waals surface area (Å²) in [6.07, 6.45) is 0. The Morgan fingerprint density at radius 1 is 1.31 bits per heavy atom. The summed E-state index contributed by atoms with van der Waals surface area (Å²) >= 11 is 2.32. The Balaban J connectivity index is 2.96. The molecule has 0 spiro atoms. The second-order valence-electron chi connectivity index (χ2n) is 3.31. The Morgan fingerprint density at radius 2 is 2.00 bits per heavy atom. The van der Waals surface area contributed by atoms with E-state index in [-0.39, 0.29) is 0 Å². The Bertz CT molecular complexity index is 281. The molecule has 0 N–H and O–H groups in total. The van der Waals surface area contributed by atoms with Crippen LogP contribution in [0.5, 0.6) is 5.75 Å². The minimum Gasteiger partial charge on any atom is -0.494 e. The summed E-state index contributed by atoms with van der Waals surface area (Å²) in [5.41, 5.74) is 1.34. The van der Waals surface area contributed by atoms with Gasteiger partial charge in [-0.2, -0.15) is 0 Å². The highest BCUT2D eigenvalue weighted by Crippen LogP contribution is 2.23. The molecular formula is C11H15IO. The number of hydrogen-bond acceptors (Lipinski definition) is 1. The molecule has 0 atom stereocenters. The van der Waals surface area contributed by atoms with Crippen molar-refractivity contribution in [2.75, 3.05) is 6.61 Å². The monoisotopic (exact) mass is 290 g/mol. The van der Waals surface area contributed by atoms with Gasteiger partial charge in [0.2, 0.25) is 0 Å². The zero-order valence-corrected chi connectivity index (χ0v) is 10.5. The summed E-state index contributed by atoms with van der Waals surface area (Å²) in [5, 5.41) is 0. The third-order valence-corrected chi connectivity index (χ3v) is 2.49. The Labute approximate surface area is 93.6 Å². The number of rotatable bonds is 3. The molecule has 1 nitrogen and oxygen atoms in total. The molecule has 1 aromatic carbocycles. The van der Waals surface area contributed by atoms with Crippen LogP contribution in [-0.4, -0.2) is 6.61 Å². The summed E-state index contributed by atoms with van der Waals surface area (Å²) < 4.78 is 6.72. The molecule has 0 aliphatic carbocycles. The highest BCUT2D eigenvalue weighted by molar-refractivity contribution is 14.1. The van der Waals surface area contributed by atoms with Gasteiger partial charge in [-0.25, -0.2) is 0 Å². The van der Waals surface area contributed by atoms with Gasteiger partial charge >= 0.3 is 0 Å². The molecule has 0 radical (unpaired) electrons. The van der Waals surface area contributed by atoms with Gasteiger partial charge in [-0.15, -0.1) is 0 Å². The van der Waals surface area contributed by atoms with Gasteiger partial charge in [0.25, 0.3) is 0 Å². The van der Waals surface area contributed by atoms with E-state index in [0.29, 0.717) is 5.92 Å². The fraction of sp³-hybridized carbons (Fsp3) is 0.455. The van der Waals surface area contributed by atoms with Gasteiger partial charge in [0.05, 0.1) is 6.61 Å². The van der Waals surface area contributed by atoms with E-state index in [1.165, 1.54) is 9.13 Å². The zero-order valence-electron chi connectivity index (χ0n) is 8.30. The molecule has 0 aliphatic heterocycles. The van der Waals surface area contributed by atoms with E-state index in [1.807, 2.05) is 6.92 Å². The SMILES string of the molecule is CCOc1cc(I)cc(C(C)C)c1. The Hall–Kier alpha value is -0.250. The van der Waals surface area contributed by atoms with E-state index in [9.17, 15) is 0 Å². The second-order valence-corrected chi connectivity index (χ2v) is 4.55. The van der Waals surface area contributed by atoms with Gasteiger partial charge in [-0.05, 0) is 59.2 Å². The number of hydrogen-bond donors (Lipinski definition) is 0. The standard InChI is InChI=1S/C11H15IO/c1-4-13-11-6-9(8(2)3)5-10(12)7-11/h5-8H,4H2,1-3H3. The lowest BCUT2D eigenvalue weighted by atomic mass is 10.0. The van der Waals surface area contributed by atoms with Crippen molar-refractivity contribution < 1.29 is 4.74 Å². The average molecular weight is 290 g/mol. The number of ether oxygens (including phenoxy) is 1. The van der Waals surface area contributed by atoms with Crippen LogP contribution in [0.15, 0.2) is 18.2 Å². The van der Waals surface area contributed by atoms with E-state index in [2.05, 4.69) is 54.6 Å². The maximum absolute atomic E-state index is 5.47. The van der Waals surface area contributed by atoms with Crippen LogP contribution in [-0.2, 0) is 0 Å². The van der Waals surface area contributed by atoms with Crippen molar-refractivity contribution in [2.45, 2.75) is 26.7 Å². The lowest BCUT2D eigenvalue weighted by molar-refractivity contribution is 0.339. The Morgan fingerprint density at radius 3 is 2.54 bits per heavy atom. The van der Waals surface area contributed by atoms with Crippen LogP contribution >= 0.6 is 22.6 Å². The van der Waals surface area contributed by atoms with Crippen LogP contribution in [0, 0.1) is 3.57 Å². The minimum absolute atomic E-state index is 0.564. The number of halogens is 1. The highest BCUT2D eigenvalue weighted by Gasteiger charge is 2.03. The molecule has 0 aromatic heterocycles. The first-order chi connectivity index (χ1) is 6.13. The van der Waals surface area contributed by atoms with E-state index >= 15 is 0 Å². The third-order valence-electron chi connectivity index (χ3n) is 1.87. The molecule has 0 unspecified atom stereocenters. The summed E-state index contributed by atoms with van der Waals surface area (Å²) in [7, 11) is 0. The Kier molecular flexibility index (Phi) is 4.03. The van der Waals surface area contributed by atoms with E-state index in [1.54, 1.807) is 0 Å². The second kappa shape index (κ2) is 4.84. The van der Waals surface area contributed by atoms with Gasteiger partial charge in [-0.3, -0.25) is 0 Å². The molecule has 0 bridgehead atoms. The van der Waals surface area contributed by atoms with Crippen LogP contribution in [0.2, 0.25) is 0 Å². The van der Waals surface area contributed by atoms with Gasteiger partial charge in [-0.1, -0.05) is 13.8 Å². The zero-order chi connectivity index (χ0) is 9.84. The van der Waals surface area contributed by atoms with Gasteiger partial charge in [0, 0.05) is 3.57 Å². The first-order valence-electron chi connectivity index (χ1n) is 4.56. The van der Waals surface area contributed by atoms with Crippen LogP contribution in [0.25, 0.3) is 0 Å². The summed E-state index contributed by atoms with van der Waals surface area (Å²) in [4.78, 5) is 0. The molecule has 0 heterocycles. The number of benzene rings is 1. The van der Waals surface area contributed by atoms with Crippen LogP contribution in [0.3, 0.4) is 0 Å². The molecule has 0 amide bonds. The fourth-order valence-electron chi connectivity index (χ4n) is 1.17.